The van der Waals surface area contributed by atoms with Crippen molar-refractivity contribution in [2.45, 2.75) is 11.4 Å². The zero-order valence-electron chi connectivity index (χ0n) is 13.2. The fourth-order valence-electron chi connectivity index (χ4n) is 2.39. The lowest BCUT2D eigenvalue weighted by Crippen LogP contribution is -2.23. The van der Waals surface area contributed by atoms with Crippen LogP contribution in [0.25, 0.3) is 10.9 Å². The molecule has 0 aliphatic heterocycles. The highest BCUT2D eigenvalue weighted by molar-refractivity contribution is 7.89. The second kappa shape index (κ2) is 6.70. The molecule has 26 heavy (non-hydrogen) atoms. The molecule has 2 aromatic carbocycles. The van der Waals surface area contributed by atoms with Crippen LogP contribution in [0.3, 0.4) is 0 Å². The highest BCUT2D eigenvalue weighted by Crippen LogP contribution is 2.16. The molecule has 134 valence electrons. The van der Waals surface area contributed by atoms with E-state index in [-0.39, 0.29) is 16.8 Å². The van der Waals surface area contributed by atoms with Gasteiger partial charge in [0.2, 0.25) is 15.5 Å². The van der Waals surface area contributed by atoms with Crippen molar-refractivity contribution in [1.29, 1.82) is 0 Å². The smallest absolute Gasteiger partial charge is 0.341 e. The van der Waals surface area contributed by atoms with Gasteiger partial charge < -0.3 is 10.1 Å². The van der Waals surface area contributed by atoms with Crippen molar-refractivity contribution in [2.24, 2.45) is 0 Å². The van der Waals surface area contributed by atoms with E-state index in [0.717, 1.165) is 12.3 Å². The van der Waals surface area contributed by atoms with E-state index in [9.17, 15) is 22.4 Å². The van der Waals surface area contributed by atoms with Gasteiger partial charge in [0.05, 0.1) is 4.90 Å². The minimum absolute atomic E-state index is 0.0467. The molecule has 0 aliphatic carbocycles. The highest BCUT2D eigenvalue weighted by Gasteiger charge is 2.17. The maximum absolute atomic E-state index is 12.9. The molecule has 0 atom stereocenters. The number of carbonyl (C=O) groups is 1. The first-order valence-corrected chi connectivity index (χ1v) is 8.89. The second-order valence-electron chi connectivity index (χ2n) is 5.50. The predicted molar refractivity (Wildman–Crippen MR) is 92.0 cm³/mol. The van der Waals surface area contributed by atoms with E-state index in [2.05, 4.69) is 9.71 Å². The van der Waals surface area contributed by atoms with E-state index in [4.69, 9.17) is 5.11 Å². The van der Waals surface area contributed by atoms with Crippen LogP contribution in [0.2, 0.25) is 0 Å². The molecule has 0 bridgehead atoms. The number of fused-ring (bicyclic) bond motifs is 1. The Balaban J connectivity index is 1.95. The van der Waals surface area contributed by atoms with Crippen molar-refractivity contribution >= 4 is 26.9 Å². The monoisotopic (exact) mass is 376 g/mol. The average molecular weight is 376 g/mol. The summed E-state index contributed by atoms with van der Waals surface area (Å²) in [4.78, 5) is 25.7. The number of aromatic amines is 1. The number of aromatic nitrogens is 1. The molecule has 7 nitrogen and oxygen atoms in total. The molecule has 3 N–H and O–H groups in total. The summed E-state index contributed by atoms with van der Waals surface area (Å²) in [5.41, 5.74) is -0.382. The highest BCUT2D eigenvalue weighted by atomic mass is 32.2. The van der Waals surface area contributed by atoms with E-state index in [1.165, 1.54) is 36.4 Å². The van der Waals surface area contributed by atoms with Crippen LogP contribution in [-0.2, 0) is 16.6 Å². The zero-order chi connectivity index (χ0) is 18.9. The summed E-state index contributed by atoms with van der Waals surface area (Å²) in [7, 11) is -3.95. The molecule has 0 radical (unpaired) electrons. The van der Waals surface area contributed by atoms with Crippen LogP contribution in [0.15, 0.2) is 58.4 Å². The third-order valence-electron chi connectivity index (χ3n) is 3.77. The molecule has 0 saturated heterocycles. The third-order valence-corrected chi connectivity index (χ3v) is 5.17. The molecule has 1 heterocycles. The number of H-pyrrole nitrogens is 1. The van der Waals surface area contributed by atoms with Gasteiger partial charge in [0.25, 0.3) is 0 Å². The minimum atomic E-state index is -3.95. The number of benzene rings is 2. The van der Waals surface area contributed by atoms with Crippen LogP contribution in [-0.4, -0.2) is 24.5 Å². The van der Waals surface area contributed by atoms with Crippen LogP contribution in [0.5, 0.6) is 0 Å². The van der Waals surface area contributed by atoms with E-state index in [0.29, 0.717) is 11.1 Å². The van der Waals surface area contributed by atoms with Gasteiger partial charge in [0, 0.05) is 23.6 Å². The number of carboxylic acids is 1. The summed E-state index contributed by atoms with van der Waals surface area (Å²) in [6.07, 6.45) is 1.06. The number of sulfonamides is 1. The molecule has 0 amide bonds. The Morgan fingerprint density at radius 1 is 1.15 bits per heavy atom. The standard InChI is InChI=1S/C17H13FN2O5S/c18-11-3-1-10(2-4-11)8-20-26(24,25)12-5-6-15-13(7-12)16(21)14(9-19-15)17(22)23/h1-7,9,20H,8H2,(H,19,21)(H,22,23). The van der Waals surface area contributed by atoms with Crippen LogP contribution in [0, 0.1) is 5.82 Å². The summed E-state index contributed by atoms with van der Waals surface area (Å²) >= 11 is 0. The molecular formula is C17H13FN2O5S. The van der Waals surface area contributed by atoms with Crippen molar-refractivity contribution in [3.63, 3.8) is 0 Å². The Kier molecular flexibility index (Phi) is 4.58. The fourth-order valence-corrected chi connectivity index (χ4v) is 3.43. The molecule has 0 fully saturated rings. The second-order valence-corrected chi connectivity index (χ2v) is 7.26. The SMILES string of the molecule is O=C(O)c1c[nH]c2ccc(S(=O)(=O)NCc3ccc(F)cc3)cc2c1=O. The lowest BCUT2D eigenvalue weighted by Gasteiger charge is -2.08. The molecule has 0 unspecified atom stereocenters. The van der Waals surface area contributed by atoms with E-state index in [1.807, 2.05) is 0 Å². The van der Waals surface area contributed by atoms with Crippen LogP contribution < -0.4 is 10.2 Å². The van der Waals surface area contributed by atoms with Crippen molar-refractivity contribution in [1.82, 2.24) is 9.71 Å². The van der Waals surface area contributed by atoms with Crippen molar-refractivity contribution in [3.8, 4) is 0 Å². The summed E-state index contributed by atoms with van der Waals surface area (Å²) < 4.78 is 40.1. The van der Waals surface area contributed by atoms with Crippen molar-refractivity contribution < 1.29 is 22.7 Å². The van der Waals surface area contributed by atoms with Gasteiger partial charge >= 0.3 is 5.97 Å². The number of nitrogens with one attached hydrogen (secondary N) is 2. The largest absolute Gasteiger partial charge is 0.477 e. The van der Waals surface area contributed by atoms with Gasteiger partial charge in [0.1, 0.15) is 11.4 Å². The topological polar surface area (TPSA) is 116 Å². The van der Waals surface area contributed by atoms with Crippen molar-refractivity contribution in [3.05, 3.63) is 75.8 Å². The van der Waals surface area contributed by atoms with Gasteiger partial charge in [-0.25, -0.2) is 22.3 Å². The molecule has 3 rings (SSSR count). The number of hydrogen-bond donors (Lipinski definition) is 3. The number of hydrogen-bond acceptors (Lipinski definition) is 4. The van der Waals surface area contributed by atoms with E-state index in [1.54, 1.807) is 0 Å². The summed E-state index contributed by atoms with van der Waals surface area (Å²) in [6, 6.07) is 9.12. The molecule has 0 spiro atoms. The first-order chi connectivity index (χ1) is 12.3. The normalized spacial score (nSPS) is 11.6. The molecular weight excluding hydrogens is 363 g/mol. The van der Waals surface area contributed by atoms with Crippen molar-refractivity contribution in [2.75, 3.05) is 0 Å². The van der Waals surface area contributed by atoms with Crippen LogP contribution in [0.4, 0.5) is 4.39 Å². The Morgan fingerprint density at radius 2 is 1.85 bits per heavy atom. The fraction of sp³-hybridized carbons (Fsp3) is 0.0588. The Labute approximate surface area is 147 Å². The van der Waals surface area contributed by atoms with Gasteiger partial charge in [-0.05, 0) is 35.9 Å². The number of pyridine rings is 1. The Bertz CT molecular complexity index is 1150. The maximum atomic E-state index is 12.9. The van der Waals surface area contributed by atoms with Gasteiger partial charge in [-0.2, -0.15) is 0 Å². The lowest BCUT2D eigenvalue weighted by atomic mass is 10.1. The van der Waals surface area contributed by atoms with E-state index >= 15 is 0 Å². The third kappa shape index (κ3) is 3.48. The number of aromatic carboxylic acids is 1. The molecule has 3 aromatic rings. The first kappa shape index (κ1) is 17.8. The summed E-state index contributed by atoms with van der Waals surface area (Å²) in [5, 5.41) is 8.96. The number of halogens is 1. The van der Waals surface area contributed by atoms with Crippen LogP contribution >= 0.6 is 0 Å². The van der Waals surface area contributed by atoms with Gasteiger partial charge in [-0.1, -0.05) is 12.1 Å². The molecule has 9 heteroatoms. The molecule has 0 aliphatic rings. The predicted octanol–water partition coefficient (Wildman–Crippen LogP) is 1.84. The lowest BCUT2D eigenvalue weighted by molar-refractivity contribution is 0.0695. The first-order valence-electron chi connectivity index (χ1n) is 7.41. The Hall–Kier alpha value is -3.04. The van der Waals surface area contributed by atoms with Crippen LogP contribution in [0.1, 0.15) is 15.9 Å². The number of carboxylic acid groups (broad SMARTS) is 1. The van der Waals surface area contributed by atoms with Gasteiger partial charge in [-0.15, -0.1) is 0 Å². The summed E-state index contributed by atoms with van der Waals surface area (Å²) in [6.45, 7) is -0.0633. The Morgan fingerprint density at radius 3 is 2.50 bits per heavy atom. The number of rotatable bonds is 5. The van der Waals surface area contributed by atoms with E-state index < -0.39 is 32.8 Å². The quantitative estimate of drug-likeness (QED) is 0.628. The van der Waals surface area contributed by atoms with Gasteiger partial charge in [0.15, 0.2) is 0 Å². The average Bonchev–Trinajstić information content (AvgIpc) is 2.61. The molecule has 1 aromatic heterocycles. The maximum Gasteiger partial charge on any atom is 0.341 e. The minimum Gasteiger partial charge on any atom is -0.477 e. The molecule has 0 saturated carbocycles. The zero-order valence-corrected chi connectivity index (χ0v) is 14.0. The van der Waals surface area contributed by atoms with Gasteiger partial charge in [-0.3, -0.25) is 4.79 Å². The summed E-state index contributed by atoms with van der Waals surface area (Å²) in [5.74, 6) is -1.84.